The van der Waals surface area contributed by atoms with Crippen LogP contribution in [0.1, 0.15) is 30.5 Å². The number of phenolic OH excluding ortho intramolecular Hbond substituents is 1. The van der Waals surface area contributed by atoms with E-state index in [1.807, 2.05) is 6.08 Å². The van der Waals surface area contributed by atoms with Crippen molar-refractivity contribution in [2.45, 2.75) is 36.9 Å². The summed E-state index contributed by atoms with van der Waals surface area (Å²) in [4.78, 5) is 2.44. The van der Waals surface area contributed by atoms with Crippen LogP contribution in [0.3, 0.4) is 0 Å². The second kappa shape index (κ2) is 3.69. The molecule has 22 heavy (non-hydrogen) atoms. The van der Waals surface area contributed by atoms with E-state index in [4.69, 9.17) is 9.47 Å². The molecule has 1 fully saturated rings. The Hall–Kier alpha value is -1.94. The first-order valence-electron chi connectivity index (χ1n) is 7.80. The van der Waals surface area contributed by atoms with Gasteiger partial charge < -0.3 is 14.6 Å². The smallest absolute Gasteiger partial charge is 0.169 e. The SMILES string of the molecule is COC1=CC=C2[C@@H](C)N(C)C3C[C@@]24c2c3ccc(O)c2O[C@@H]14. The summed E-state index contributed by atoms with van der Waals surface area (Å²) in [6.45, 7) is 2.26. The Kier molecular flexibility index (Phi) is 2.11. The number of nitrogens with zero attached hydrogens (tertiary/aromatic N) is 1. The van der Waals surface area contributed by atoms with Crippen LogP contribution in [-0.4, -0.2) is 36.3 Å². The van der Waals surface area contributed by atoms with Gasteiger partial charge in [-0.05, 0) is 43.7 Å². The van der Waals surface area contributed by atoms with Gasteiger partial charge in [-0.15, -0.1) is 0 Å². The summed E-state index contributed by atoms with van der Waals surface area (Å²) in [5, 5.41) is 10.3. The molecular weight excluding hydrogens is 278 g/mol. The van der Waals surface area contributed by atoms with Crippen LogP contribution in [0, 0.1) is 0 Å². The number of likely N-dealkylation sites (tertiary alicyclic amines) is 1. The molecule has 1 spiro atoms. The van der Waals surface area contributed by atoms with Crippen molar-refractivity contribution in [3.63, 3.8) is 0 Å². The van der Waals surface area contributed by atoms with Crippen molar-refractivity contribution >= 4 is 0 Å². The zero-order valence-corrected chi connectivity index (χ0v) is 13.0. The molecule has 4 atom stereocenters. The molecule has 4 heteroatoms. The van der Waals surface area contributed by atoms with Crippen molar-refractivity contribution in [1.29, 1.82) is 0 Å². The van der Waals surface area contributed by atoms with Gasteiger partial charge in [0.25, 0.3) is 0 Å². The molecule has 1 saturated heterocycles. The number of ether oxygens (including phenoxy) is 2. The first kappa shape index (κ1) is 12.6. The van der Waals surface area contributed by atoms with E-state index in [0.29, 0.717) is 17.8 Å². The van der Waals surface area contributed by atoms with Crippen molar-refractivity contribution in [2.24, 2.45) is 0 Å². The van der Waals surface area contributed by atoms with Crippen molar-refractivity contribution in [3.8, 4) is 11.5 Å². The van der Waals surface area contributed by atoms with E-state index < -0.39 is 0 Å². The van der Waals surface area contributed by atoms with Crippen LogP contribution in [-0.2, 0) is 10.2 Å². The normalized spacial score (nSPS) is 37.3. The highest BCUT2D eigenvalue weighted by molar-refractivity contribution is 5.68. The number of allylic oxidation sites excluding steroid dienone is 2. The molecule has 2 aliphatic heterocycles. The average Bonchev–Trinajstić information content (AvgIpc) is 3.01. The summed E-state index contributed by atoms with van der Waals surface area (Å²) in [6.07, 6.45) is 5.07. The number of phenols is 1. The van der Waals surface area contributed by atoms with Crippen LogP contribution >= 0.6 is 0 Å². The fourth-order valence-electron chi connectivity index (χ4n) is 5.08. The van der Waals surface area contributed by atoms with E-state index in [-0.39, 0.29) is 17.3 Å². The maximum absolute atomic E-state index is 10.3. The molecule has 114 valence electrons. The highest BCUT2D eigenvalue weighted by atomic mass is 16.5. The Labute approximate surface area is 129 Å². The lowest BCUT2D eigenvalue weighted by Crippen LogP contribution is -2.52. The lowest BCUT2D eigenvalue weighted by molar-refractivity contribution is 0.0639. The molecule has 2 bridgehead atoms. The minimum absolute atomic E-state index is 0.152. The van der Waals surface area contributed by atoms with Crippen LogP contribution in [0.2, 0.25) is 0 Å². The minimum atomic E-state index is -0.167. The standard InChI is InChI=1S/C18H19NO3/c1-9-11-5-7-14(21-3)17-18(11)8-12(19(9)2)10-4-6-13(20)16(22-17)15(10)18/h4-7,9,12,17,20H,8H2,1-3H3/t9-,12?,17+,18+/m1/s1. The maximum Gasteiger partial charge on any atom is 0.169 e. The number of likely N-dealkylation sites (N-methyl/N-ethyl adjacent to an activating group) is 1. The predicted octanol–water partition coefficient (Wildman–Crippen LogP) is 2.64. The highest BCUT2D eigenvalue weighted by Crippen LogP contribution is 2.67. The van der Waals surface area contributed by atoms with Crippen molar-refractivity contribution in [1.82, 2.24) is 4.90 Å². The first-order valence-corrected chi connectivity index (χ1v) is 7.80. The van der Waals surface area contributed by atoms with Gasteiger partial charge in [0.2, 0.25) is 0 Å². The number of piperidine rings is 1. The lowest BCUT2D eigenvalue weighted by atomic mass is 9.65. The monoisotopic (exact) mass is 297 g/mol. The Morgan fingerprint density at radius 2 is 2.18 bits per heavy atom. The number of rotatable bonds is 1. The van der Waals surface area contributed by atoms with Crippen molar-refractivity contribution in [3.05, 3.63) is 46.7 Å². The van der Waals surface area contributed by atoms with Crippen LogP contribution in [0.4, 0.5) is 0 Å². The topological polar surface area (TPSA) is 41.9 Å². The van der Waals surface area contributed by atoms with Gasteiger partial charge in [-0.25, -0.2) is 0 Å². The molecular formula is C18H19NO3. The van der Waals surface area contributed by atoms with E-state index in [1.165, 1.54) is 16.7 Å². The summed E-state index contributed by atoms with van der Waals surface area (Å²) in [5.41, 5.74) is 3.69. The molecule has 0 saturated carbocycles. The van der Waals surface area contributed by atoms with Crippen molar-refractivity contribution < 1.29 is 14.6 Å². The van der Waals surface area contributed by atoms with Gasteiger partial charge in [-0.1, -0.05) is 12.1 Å². The summed E-state index contributed by atoms with van der Waals surface area (Å²) in [7, 11) is 3.88. The molecule has 1 aromatic rings. The molecule has 1 aromatic carbocycles. The van der Waals surface area contributed by atoms with E-state index in [1.54, 1.807) is 13.2 Å². The molecule has 4 nitrogen and oxygen atoms in total. The van der Waals surface area contributed by atoms with Gasteiger partial charge in [0, 0.05) is 17.6 Å². The van der Waals surface area contributed by atoms with Gasteiger partial charge >= 0.3 is 0 Å². The third-order valence-electron chi connectivity index (χ3n) is 6.16. The second-order valence-corrected chi connectivity index (χ2v) is 6.80. The van der Waals surface area contributed by atoms with Gasteiger partial charge in [-0.3, -0.25) is 4.90 Å². The second-order valence-electron chi connectivity index (χ2n) is 6.80. The van der Waals surface area contributed by atoms with Gasteiger partial charge in [0.05, 0.1) is 12.5 Å². The Morgan fingerprint density at radius 3 is 2.95 bits per heavy atom. The zero-order chi connectivity index (χ0) is 15.2. The maximum atomic E-state index is 10.3. The number of hydrogen-bond acceptors (Lipinski definition) is 4. The summed E-state index contributed by atoms with van der Waals surface area (Å²) in [5.74, 6) is 1.74. The molecule has 1 unspecified atom stereocenters. The first-order chi connectivity index (χ1) is 10.6. The van der Waals surface area contributed by atoms with Gasteiger partial charge in [-0.2, -0.15) is 0 Å². The molecule has 2 heterocycles. The lowest BCUT2D eigenvalue weighted by Gasteiger charge is -2.47. The predicted molar refractivity (Wildman–Crippen MR) is 82.0 cm³/mol. The van der Waals surface area contributed by atoms with E-state index in [0.717, 1.165) is 12.2 Å². The third kappa shape index (κ3) is 1.10. The quantitative estimate of drug-likeness (QED) is 0.865. The van der Waals surface area contributed by atoms with Crippen LogP contribution in [0.25, 0.3) is 0 Å². The minimum Gasteiger partial charge on any atom is -0.504 e. The fraction of sp³-hybridized carbons (Fsp3) is 0.444. The number of methoxy groups -OCH3 is 1. The summed E-state index contributed by atoms with van der Waals surface area (Å²) >= 11 is 0. The third-order valence-corrected chi connectivity index (χ3v) is 6.16. The number of aromatic hydroxyl groups is 1. The highest BCUT2D eigenvalue weighted by Gasteiger charge is 2.65. The molecule has 5 rings (SSSR count). The van der Waals surface area contributed by atoms with Gasteiger partial charge in [0.1, 0.15) is 5.76 Å². The molecule has 2 aliphatic carbocycles. The number of hydrogen-bond donors (Lipinski definition) is 1. The van der Waals surface area contributed by atoms with E-state index in [2.05, 4.69) is 31.0 Å². The Morgan fingerprint density at radius 1 is 1.36 bits per heavy atom. The molecule has 1 N–H and O–H groups in total. The average molecular weight is 297 g/mol. The molecule has 0 radical (unpaired) electrons. The van der Waals surface area contributed by atoms with Crippen LogP contribution < -0.4 is 4.74 Å². The van der Waals surface area contributed by atoms with Crippen LogP contribution in [0.15, 0.2) is 35.6 Å². The Balaban J connectivity index is 1.88. The molecule has 0 amide bonds. The van der Waals surface area contributed by atoms with Gasteiger partial charge in [0.15, 0.2) is 17.6 Å². The number of benzene rings is 1. The summed E-state index contributed by atoms with van der Waals surface area (Å²) in [6, 6.07) is 4.56. The molecule has 0 aromatic heterocycles. The van der Waals surface area contributed by atoms with Crippen LogP contribution in [0.5, 0.6) is 11.5 Å². The largest absolute Gasteiger partial charge is 0.504 e. The molecule has 4 aliphatic rings. The van der Waals surface area contributed by atoms with E-state index in [9.17, 15) is 5.11 Å². The van der Waals surface area contributed by atoms with E-state index >= 15 is 0 Å². The fourth-order valence-corrected chi connectivity index (χ4v) is 5.08. The van der Waals surface area contributed by atoms with Crippen molar-refractivity contribution in [2.75, 3.05) is 14.2 Å². The summed E-state index contributed by atoms with van der Waals surface area (Å²) < 4.78 is 11.8. The zero-order valence-electron chi connectivity index (χ0n) is 13.0. The number of fused-ring (bicyclic) bond motifs is 2. The Bertz CT molecular complexity index is 766.